The third-order valence-electron chi connectivity index (χ3n) is 3.35. The van der Waals surface area contributed by atoms with Crippen LogP contribution in [-0.2, 0) is 0 Å². The lowest BCUT2D eigenvalue weighted by Gasteiger charge is -2.28. The highest BCUT2D eigenvalue weighted by molar-refractivity contribution is 5.07. The maximum atomic E-state index is 9.30. The van der Waals surface area contributed by atoms with Crippen molar-refractivity contribution in [3.63, 3.8) is 0 Å². The number of rotatable bonds is 9. The highest BCUT2D eigenvalue weighted by Crippen LogP contribution is 2.23. The zero-order chi connectivity index (χ0) is 12.7. The second-order valence-corrected chi connectivity index (χ2v) is 5.45. The molecule has 0 bridgehead atoms. The van der Waals surface area contributed by atoms with E-state index in [1.807, 2.05) is 6.92 Å². The van der Waals surface area contributed by atoms with Gasteiger partial charge in [-0.1, -0.05) is 13.8 Å². The van der Waals surface area contributed by atoms with Gasteiger partial charge in [0.1, 0.15) is 5.54 Å². The van der Waals surface area contributed by atoms with Gasteiger partial charge in [0.05, 0.1) is 6.07 Å². The summed E-state index contributed by atoms with van der Waals surface area (Å²) in [4.78, 5) is 2.48. The van der Waals surface area contributed by atoms with Gasteiger partial charge in [-0.05, 0) is 52.1 Å². The topological polar surface area (TPSA) is 39.1 Å². The zero-order valence-corrected chi connectivity index (χ0v) is 11.6. The minimum atomic E-state index is -0.332. The Morgan fingerprint density at radius 1 is 1.24 bits per heavy atom. The molecule has 1 rings (SSSR count). The Balaban J connectivity index is 2.35. The first-order valence-corrected chi connectivity index (χ1v) is 7.05. The van der Waals surface area contributed by atoms with Gasteiger partial charge in [0.25, 0.3) is 0 Å². The molecule has 0 aromatic rings. The van der Waals surface area contributed by atoms with Crippen molar-refractivity contribution in [1.29, 1.82) is 5.26 Å². The van der Waals surface area contributed by atoms with Crippen LogP contribution in [0.3, 0.4) is 0 Å². The van der Waals surface area contributed by atoms with E-state index < -0.39 is 0 Å². The lowest BCUT2D eigenvalue weighted by molar-refractivity contribution is 0.244. The average molecular weight is 237 g/mol. The molecular weight excluding hydrogens is 210 g/mol. The van der Waals surface area contributed by atoms with E-state index in [-0.39, 0.29) is 5.54 Å². The molecule has 0 aromatic heterocycles. The smallest absolute Gasteiger partial charge is 0.105 e. The van der Waals surface area contributed by atoms with Gasteiger partial charge in [0.2, 0.25) is 0 Å². The molecular formula is C14H27N3. The summed E-state index contributed by atoms with van der Waals surface area (Å²) < 4.78 is 0. The predicted molar refractivity (Wildman–Crippen MR) is 71.8 cm³/mol. The number of hydrogen-bond acceptors (Lipinski definition) is 3. The minimum absolute atomic E-state index is 0.332. The van der Waals surface area contributed by atoms with Crippen molar-refractivity contribution >= 4 is 0 Å². The normalized spacial score (nSPS) is 19.0. The van der Waals surface area contributed by atoms with Crippen molar-refractivity contribution in [2.75, 3.05) is 19.6 Å². The van der Waals surface area contributed by atoms with Gasteiger partial charge in [-0.2, -0.15) is 5.26 Å². The largest absolute Gasteiger partial charge is 0.303 e. The fourth-order valence-electron chi connectivity index (χ4n) is 2.19. The van der Waals surface area contributed by atoms with Gasteiger partial charge in [-0.3, -0.25) is 5.32 Å². The molecule has 98 valence electrons. The third-order valence-corrected chi connectivity index (χ3v) is 3.35. The first-order chi connectivity index (χ1) is 8.13. The van der Waals surface area contributed by atoms with Crippen molar-refractivity contribution in [3.05, 3.63) is 0 Å². The molecule has 0 aliphatic heterocycles. The van der Waals surface area contributed by atoms with E-state index in [0.29, 0.717) is 6.04 Å². The van der Waals surface area contributed by atoms with Gasteiger partial charge in [0, 0.05) is 12.6 Å². The maximum absolute atomic E-state index is 9.30. The van der Waals surface area contributed by atoms with Crippen LogP contribution in [0.25, 0.3) is 0 Å². The molecule has 1 aliphatic rings. The molecule has 1 atom stereocenters. The molecule has 17 heavy (non-hydrogen) atoms. The molecule has 1 aliphatic carbocycles. The molecule has 1 N–H and O–H groups in total. The summed E-state index contributed by atoms with van der Waals surface area (Å²) in [6, 6.07) is 3.05. The Hall–Kier alpha value is -0.590. The van der Waals surface area contributed by atoms with Crippen LogP contribution in [0.5, 0.6) is 0 Å². The molecule has 0 radical (unpaired) electrons. The summed E-state index contributed by atoms with van der Waals surface area (Å²) in [5, 5.41) is 12.8. The van der Waals surface area contributed by atoms with Gasteiger partial charge < -0.3 is 4.90 Å². The van der Waals surface area contributed by atoms with Crippen molar-refractivity contribution in [2.24, 2.45) is 0 Å². The second kappa shape index (κ2) is 6.98. The quantitative estimate of drug-likeness (QED) is 0.670. The Morgan fingerprint density at radius 2 is 1.82 bits per heavy atom. The van der Waals surface area contributed by atoms with E-state index in [1.165, 1.54) is 25.7 Å². The molecule has 0 saturated heterocycles. The third kappa shape index (κ3) is 5.52. The molecule has 1 saturated carbocycles. The molecule has 1 fully saturated rings. The Bertz CT molecular complexity index is 249. The van der Waals surface area contributed by atoms with E-state index in [2.05, 4.69) is 30.1 Å². The lowest BCUT2D eigenvalue weighted by Crippen LogP contribution is -2.45. The first kappa shape index (κ1) is 14.5. The molecule has 0 aromatic carbocycles. The van der Waals surface area contributed by atoms with Gasteiger partial charge in [-0.25, -0.2) is 0 Å². The summed E-state index contributed by atoms with van der Waals surface area (Å²) >= 11 is 0. The summed E-state index contributed by atoms with van der Waals surface area (Å²) in [7, 11) is 0. The van der Waals surface area contributed by atoms with Crippen LogP contribution in [0.4, 0.5) is 0 Å². The van der Waals surface area contributed by atoms with Crippen molar-refractivity contribution < 1.29 is 0 Å². The SMILES string of the molecule is CCCN(CCC)CCC(C)(C#N)NC1CC1. The van der Waals surface area contributed by atoms with Crippen LogP contribution in [0.15, 0.2) is 0 Å². The van der Waals surface area contributed by atoms with Crippen LogP contribution in [-0.4, -0.2) is 36.1 Å². The summed E-state index contributed by atoms with van der Waals surface area (Å²) in [5.74, 6) is 0. The van der Waals surface area contributed by atoms with E-state index >= 15 is 0 Å². The molecule has 0 heterocycles. The highest BCUT2D eigenvalue weighted by Gasteiger charge is 2.32. The van der Waals surface area contributed by atoms with E-state index in [4.69, 9.17) is 0 Å². The van der Waals surface area contributed by atoms with Crippen LogP contribution in [0, 0.1) is 11.3 Å². The number of nitrogens with zero attached hydrogens (tertiary/aromatic N) is 2. The molecule has 3 nitrogen and oxygen atoms in total. The van der Waals surface area contributed by atoms with E-state index in [0.717, 1.165) is 26.1 Å². The maximum Gasteiger partial charge on any atom is 0.105 e. The summed E-state index contributed by atoms with van der Waals surface area (Å²) in [6.45, 7) is 9.81. The fraction of sp³-hybridized carbons (Fsp3) is 0.929. The Kier molecular flexibility index (Phi) is 5.94. The monoisotopic (exact) mass is 237 g/mol. The molecule has 3 heteroatoms. The highest BCUT2D eigenvalue weighted by atomic mass is 15.1. The van der Waals surface area contributed by atoms with Gasteiger partial charge in [-0.15, -0.1) is 0 Å². The predicted octanol–water partition coefficient (Wildman–Crippen LogP) is 2.53. The van der Waals surface area contributed by atoms with E-state index in [1.54, 1.807) is 0 Å². The molecule has 0 amide bonds. The number of nitrogens with one attached hydrogen (secondary N) is 1. The second-order valence-electron chi connectivity index (χ2n) is 5.45. The van der Waals surface area contributed by atoms with Gasteiger partial charge >= 0.3 is 0 Å². The standard InChI is InChI=1S/C14H27N3/c1-4-9-17(10-5-2)11-8-14(3,12-15)16-13-6-7-13/h13,16H,4-11H2,1-3H3. The summed E-state index contributed by atoms with van der Waals surface area (Å²) in [6.07, 6.45) is 5.80. The zero-order valence-electron chi connectivity index (χ0n) is 11.6. The number of hydrogen-bond donors (Lipinski definition) is 1. The molecule has 0 spiro atoms. The Labute approximate surface area is 106 Å². The first-order valence-electron chi connectivity index (χ1n) is 7.05. The average Bonchev–Trinajstić information content (AvgIpc) is 3.10. The Morgan fingerprint density at radius 3 is 2.24 bits per heavy atom. The summed E-state index contributed by atoms with van der Waals surface area (Å²) in [5.41, 5.74) is -0.332. The van der Waals surface area contributed by atoms with Crippen molar-refractivity contribution in [1.82, 2.24) is 10.2 Å². The van der Waals surface area contributed by atoms with Crippen LogP contribution >= 0.6 is 0 Å². The van der Waals surface area contributed by atoms with Crippen LogP contribution < -0.4 is 5.32 Å². The van der Waals surface area contributed by atoms with Crippen LogP contribution in [0.1, 0.15) is 52.9 Å². The van der Waals surface area contributed by atoms with Crippen molar-refractivity contribution in [2.45, 2.75) is 64.5 Å². The fourth-order valence-corrected chi connectivity index (χ4v) is 2.19. The van der Waals surface area contributed by atoms with Crippen molar-refractivity contribution in [3.8, 4) is 6.07 Å². The van der Waals surface area contributed by atoms with Crippen LogP contribution in [0.2, 0.25) is 0 Å². The minimum Gasteiger partial charge on any atom is -0.303 e. The van der Waals surface area contributed by atoms with Gasteiger partial charge in [0.15, 0.2) is 0 Å². The molecule has 1 unspecified atom stereocenters. The van der Waals surface area contributed by atoms with E-state index in [9.17, 15) is 5.26 Å². The number of nitriles is 1. The lowest BCUT2D eigenvalue weighted by atomic mass is 9.99.